The Morgan fingerprint density at radius 1 is 1.35 bits per heavy atom. The van der Waals surface area contributed by atoms with Gasteiger partial charge in [0.2, 0.25) is 5.95 Å². The van der Waals surface area contributed by atoms with Gasteiger partial charge in [-0.15, -0.1) is 0 Å². The van der Waals surface area contributed by atoms with Gasteiger partial charge in [-0.3, -0.25) is 9.36 Å². The van der Waals surface area contributed by atoms with Crippen molar-refractivity contribution < 1.29 is 0 Å². The highest BCUT2D eigenvalue weighted by atomic mass is 79.9. The number of anilines is 1. The van der Waals surface area contributed by atoms with Crippen LogP contribution in [0.15, 0.2) is 15.3 Å². The molecule has 0 radical (unpaired) electrons. The van der Waals surface area contributed by atoms with E-state index in [1.54, 1.807) is 4.57 Å². The molecule has 0 spiro atoms. The smallest absolute Gasteiger partial charge is 0.266 e. The topological polar surface area (TPSA) is 59.8 Å². The van der Waals surface area contributed by atoms with Crippen LogP contribution in [-0.4, -0.2) is 21.1 Å². The first-order valence-corrected chi connectivity index (χ1v) is 7.69. The molecule has 2 heterocycles. The molecule has 0 bridgehead atoms. The van der Waals surface area contributed by atoms with Gasteiger partial charge in [0.1, 0.15) is 5.65 Å². The maximum atomic E-state index is 12.3. The third kappa shape index (κ3) is 2.85. The number of hydrogen-bond donors (Lipinski definition) is 1. The van der Waals surface area contributed by atoms with Crippen LogP contribution in [0, 0.1) is 6.92 Å². The van der Waals surface area contributed by atoms with Gasteiger partial charge >= 0.3 is 0 Å². The van der Waals surface area contributed by atoms with E-state index in [-0.39, 0.29) is 5.56 Å². The van der Waals surface area contributed by atoms with Crippen LogP contribution < -0.4 is 10.9 Å². The van der Waals surface area contributed by atoms with Gasteiger partial charge in [-0.2, -0.15) is 4.98 Å². The maximum absolute atomic E-state index is 12.3. The van der Waals surface area contributed by atoms with Crippen molar-refractivity contribution in [2.45, 2.75) is 40.2 Å². The summed E-state index contributed by atoms with van der Waals surface area (Å²) < 4.78 is 2.29. The Labute approximate surface area is 126 Å². The Hall–Kier alpha value is -1.43. The Morgan fingerprint density at radius 3 is 2.75 bits per heavy atom. The monoisotopic (exact) mass is 338 g/mol. The second-order valence-electron chi connectivity index (χ2n) is 4.70. The summed E-state index contributed by atoms with van der Waals surface area (Å²) in [6.07, 6.45) is 1.98. The minimum atomic E-state index is -0.0356. The van der Waals surface area contributed by atoms with Crippen LogP contribution in [0.2, 0.25) is 0 Å². The van der Waals surface area contributed by atoms with Crippen LogP contribution in [-0.2, 0) is 6.54 Å². The highest BCUT2D eigenvalue weighted by molar-refractivity contribution is 9.10. The third-order valence-corrected chi connectivity index (χ3v) is 3.73. The zero-order chi connectivity index (χ0) is 14.7. The van der Waals surface area contributed by atoms with Crippen LogP contribution in [0.5, 0.6) is 0 Å². The predicted molar refractivity (Wildman–Crippen MR) is 85.3 cm³/mol. The number of fused-ring (bicyclic) bond motifs is 1. The molecule has 0 saturated carbocycles. The van der Waals surface area contributed by atoms with E-state index >= 15 is 0 Å². The van der Waals surface area contributed by atoms with Crippen LogP contribution in [0.25, 0.3) is 11.0 Å². The first-order valence-electron chi connectivity index (χ1n) is 6.90. The lowest BCUT2D eigenvalue weighted by Crippen LogP contribution is -2.23. The number of aromatic nitrogens is 3. The number of nitrogens with one attached hydrogen (secondary N) is 1. The van der Waals surface area contributed by atoms with E-state index in [1.807, 2.05) is 19.9 Å². The minimum absolute atomic E-state index is 0.0356. The molecule has 2 aromatic heterocycles. The number of aryl methyl sites for hydroxylation is 2. The number of pyridine rings is 1. The summed E-state index contributed by atoms with van der Waals surface area (Å²) in [6, 6.07) is 1.81. The summed E-state index contributed by atoms with van der Waals surface area (Å²) in [4.78, 5) is 21.2. The molecule has 0 fully saturated rings. The average Bonchev–Trinajstić information content (AvgIpc) is 2.41. The SMILES string of the molecule is CCCCn1c(=O)c(Br)cc2c(C)nc(NCC)nc21. The average molecular weight is 339 g/mol. The van der Waals surface area contributed by atoms with Gasteiger partial charge < -0.3 is 5.32 Å². The molecule has 0 amide bonds. The molecule has 0 aliphatic carbocycles. The standard InChI is InChI=1S/C14H19BrN4O/c1-4-6-7-19-12-10(8-11(15)13(19)20)9(3)17-14(18-12)16-5-2/h8H,4-7H2,1-3H3,(H,16,17,18). The van der Waals surface area contributed by atoms with Crippen LogP contribution in [0.1, 0.15) is 32.4 Å². The van der Waals surface area contributed by atoms with Gasteiger partial charge in [-0.25, -0.2) is 4.98 Å². The van der Waals surface area contributed by atoms with Gasteiger partial charge in [-0.1, -0.05) is 13.3 Å². The fraction of sp³-hybridized carbons (Fsp3) is 0.500. The highest BCUT2D eigenvalue weighted by Gasteiger charge is 2.12. The molecule has 2 rings (SSSR count). The van der Waals surface area contributed by atoms with E-state index in [1.165, 1.54) is 0 Å². The largest absolute Gasteiger partial charge is 0.354 e. The molecule has 1 N–H and O–H groups in total. The Bertz CT molecular complexity index is 681. The molecule has 0 saturated heterocycles. The highest BCUT2D eigenvalue weighted by Crippen LogP contribution is 2.19. The van der Waals surface area contributed by atoms with Gasteiger partial charge in [0, 0.05) is 18.5 Å². The van der Waals surface area contributed by atoms with E-state index in [2.05, 4.69) is 38.1 Å². The Morgan fingerprint density at radius 2 is 2.10 bits per heavy atom. The van der Waals surface area contributed by atoms with E-state index in [4.69, 9.17) is 0 Å². The Balaban J connectivity index is 2.71. The molecule has 2 aromatic rings. The number of nitrogens with zero attached hydrogens (tertiary/aromatic N) is 3. The summed E-state index contributed by atoms with van der Waals surface area (Å²) in [7, 11) is 0. The molecule has 6 heteroatoms. The van der Waals surface area contributed by atoms with Crippen molar-refractivity contribution in [2.75, 3.05) is 11.9 Å². The zero-order valence-electron chi connectivity index (χ0n) is 12.0. The summed E-state index contributed by atoms with van der Waals surface area (Å²) in [6.45, 7) is 7.46. The second-order valence-corrected chi connectivity index (χ2v) is 5.56. The van der Waals surface area contributed by atoms with Crippen molar-refractivity contribution in [3.8, 4) is 0 Å². The number of halogens is 1. The number of rotatable bonds is 5. The van der Waals surface area contributed by atoms with Crippen LogP contribution in [0.3, 0.4) is 0 Å². The second kappa shape index (κ2) is 6.35. The molecular weight excluding hydrogens is 320 g/mol. The van der Waals surface area contributed by atoms with Crippen LogP contribution in [0.4, 0.5) is 5.95 Å². The lowest BCUT2D eigenvalue weighted by Gasteiger charge is -2.12. The van der Waals surface area contributed by atoms with Crippen molar-refractivity contribution in [3.05, 3.63) is 26.6 Å². The normalized spacial score (nSPS) is 11.0. The van der Waals surface area contributed by atoms with Crippen molar-refractivity contribution in [1.29, 1.82) is 0 Å². The molecule has 0 unspecified atom stereocenters. The van der Waals surface area contributed by atoms with E-state index in [0.717, 1.165) is 30.5 Å². The minimum Gasteiger partial charge on any atom is -0.354 e. The number of hydrogen-bond acceptors (Lipinski definition) is 4. The van der Waals surface area contributed by atoms with E-state index < -0.39 is 0 Å². The zero-order valence-corrected chi connectivity index (χ0v) is 13.6. The van der Waals surface area contributed by atoms with Gasteiger partial charge in [0.15, 0.2) is 0 Å². The Kier molecular flexibility index (Phi) is 4.75. The first kappa shape index (κ1) is 15.0. The van der Waals surface area contributed by atoms with E-state index in [0.29, 0.717) is 22.6 Å². The van der Waals surface area contributed by atoms with Crippen molar-refractivity contribution >= 4 is 32.9 Å². The quantitative estimate of drug-likeness (QED) is 0.909. The fourth-order valence-corrected chi connectivity index (χ4v) is 2.56. The van der Waals surface area contributed by atoms with Gasteiger partial charge in [0.25, 0.3) is 5.56 Å². The van der Waals surface area contributed by atoms with Gasteiger partial charge in [-0.05, 0) is 42.3 Å². The molecule has 0 aliphatic heterocycles. The molecule has 0 aromatic carbocycles. The molecule has 20 heavy (non-hydrogen) atoms. The summed E-state index contributed by atoms with van der Waals surface area (Å²) >= 11 is 3.34. The number of unbranched alkanes of at least 4 members (excludes halogenated alkanes) is 1. The predicted octanol–water partition coefficient (Wildman–Crippen LogP) is 3.09. The summed E-state index contributed by atoms with van der Waals surface area (Å²) in [5.41, 5.74) is 1.54. The summed E-state index contributed by atoms with van der Waals surface area (Å²) in [5.74, 6) is 0.574. The lowest BCUT2D eigenvalue weighted by molar-refractivity contribution is 0.625. The van der Waals surface area contributed by atoms with Crippen molar-refractivity contribution in [3.63, 3.8) is 0 Å². The van der Waals surface area contributed by atoms with Crippen LogP contribution >= 0.6 is 15.9 Å². The van der Waals surface area contributed by atoms with Crippen molar-refractivity contribution in [2.24, 2.45) is 0 Å². The molecule has 0 aliphatic rings. The first-order chi connectivity index (χ1) is 9.58. The van der Waals surface area contributed by atoms with Crippen molar-refractivity contribution in [1.82, 2.24) is 14.5 Å². The molecule has 0 atom stereocenters. The van der Waals surface area contributed by atoms with Gasteiger partial charge in [0.05, 0.1) is 10.2 Å². The molecular formula is C14H19BrN4O. The lowest BCUT2D eigenvalue weighted by atomic mass is 10.2. The molecule has 5 nitrogen and oxygen atoms in total. The maximum Gasteiger partial charge on any atom is 0.266 e. The fourth-order valence-electron chi connectivity index (χ4n) is 2.12. The molecule has 108 valence electrons. The van der Waals surface area contributed by atoms with E-state index in [9.17, 15) is 4.79 Å². The third-order valence-electron chi connectivity index (χ3n) is 3.16. The summed E-state index contributed by atoms with van der Waals surface area (Å²) in [5, 5.41) is 4.02.